The number of oxime groups is 1. The molecule has 7 nitrogen and oxygen atoms in total. The Morgan fingerprint density at radius 3 is 3.13 bits per heavy atom. The van der Waals surface area contributed by atoms with Crippen LogP contribution in [0.1, 0.15) is 16.6 Å². The van der Waals surface area contributed by atoms with Crippen LogP contribution >= 0.6 is 11.5 Å². The normalized spacial score (nSPS) is 13.5. The predicted octanol–water partition coefficient (Wildman–Crippen LogP) is -0.350. The van der Waals surface area contributed by atoms with Gasteiger partial charge in [-0.1, -0.05) is 16.6 Å². The Bertz CT molecular complexity index is 350. The topological polar surface area (TPSA) is 113 Å². The first-order valence-corrected chi connectivity index (χ1v) is 4.95. The molecule has 1 aromatic heterocycles. The average Bonchev–Trinajstić information content (AvgIpc) is 2.77. The molecule has 1 aromatic rings. The number of nitrogens with zero attached hydrogens (tertiary/aromatic N) is 3. The molecule has 1 unspecified atom stereocenters. The van der Waals surface area contributed by atoms with Crippen LogP contribution in [0, 0.1) is 5.92 Å². The van der Waals surface area contributed by atoms with Crippen molar-refractivity contribution in [3.63, 3.8) is 0 Å². The number of rotatable bonds is 4. The molecule has 0 aliphatic heterocycles. The van der Waals surface area contributed by atoms with Crippen LogP contribution in [0.15, 0.2) is 11.4 Å². The first-order valence-electron chi connectivity index (χ1n) is 4.18. The smallest absolute Gasteiger partial charge is 0.264 e. The number of hydrogen-bond donors (Lipinski definition) is 3. The van der Waals surface area contributed by atoms with Crippen LogP contribution in [-0.2, 0) is 0 Å². The molecule has 15 heavy (non-hydrogen) atoms. The van der Waals surface area contributed by atoms with Crippen molar-refractivity contribution < 1.29 is 10.0 Å². The Hall–Kier alpha value is -1.70. The molecule has 4 N–H and O–H groups in total. The minimum absolute atomic E-state index is 0.0812. The predicted molar refractivity (Wildman–Crippen MR) is 54.8 cm³/mol. The van der Waals surface area contributed by atoms with E-state index >= 15 is 0 Å². The highest BCUT2D eigenvalue weighted by Crippen LogP contribution is 2.01. The molecule has 0 radical (unpaired) electrons. The molecule has 0 bridgehead atoms. The third kappa shape index (κ3) is 3.17. The van der Waals surface area contributed by atoms with Crippen molar-refractivity contribution in [2.75, 3.05) is 6.54 Å². The number of hydrogen-bond acceptors (Lipinski definition) is 6. The summed E-state index contributed by atoms with van der Waals surface area (Å²) in [6.07, 6.45) is 1.38. The van der Waals surface area contributed by atoms with Crippen molar-refractivity contribution in [3.05, 3.63) is 11.1 Å². The maximum atomic E-state index is 11.4. The van der Waals surface area contributed by atoms with Gasteiger partial charge in [0.25, 0.3) is 5.91 Å². The van der Waals surface area contributed by atoms with E-state index in [1.807, 2.05) is 0 Å². The van der Waals surface area contributed by atoms with Crippen LogP contribution in [0.2, 0.25) is 0 Å². The van der Waals surface area contributed by atoms with Gasteiger partial charge in [0.05, 0.1) is 6.20 Å². The van der Waals surface area contributed by atoms with E-state index in [0.29, 0.717) is 11.4 Å². The minimum Gasteiger partial charge on any atom is -0.409 e. The van der Waals surface area contributed by atoms with Gasteiger partial charge in [-0.3, -0.25) is 4.79 Å². The van der Waals surface area contributed by atoms with E-state index in [4.69, 9.17) is 10.9 Å². The van der Waals surface area contributed by atoms with E-state index in [2.05, 4.69) is 20.1 Å². The third-order valence-corrected chi connectivity index (χ3v) is 2.44. The van der Waals surface area contributed by atoms with Crippen molar-refractivity contribution in [2.24, 2.45) is 16.8 Å². The number of carbonyl (C=O) groups excluding carboxylic acids is 1. The SMILES string of the molecule is CC(CNC(=O)c1cnns1)C(N)=NO. The Morgan fingerprint density at radius 1 is 1.87 bits per heavy atom. The van der Waals surface area contributed by atoms with E-state index in [1.165, 1.54) is 6.20 Å². The molecular weight excluding hydrogens is 218 g/mol. The van der Waals surface area contributed by atoms with E-state index in [-0.39, 0.29) is 17.7 Å². The van der Waals surface area contributed by atoms with Gasteiger partial charge in [-0.2, -0.15) is 0 Å². The molecule has 0 aliphatic rings. The third-order valence-electron chi connectivity index (χ3n) is 1.77. The molecular formula is C7H11N5O2S. The molecule has 0 aliphatic carbocycles. The van der Waals surface area contributed by atoms with Crippen molar-refractivity contribution in [3.8, 4) is 0 Å². The zero-order valence-corrected chi connectivity index (χ0v) is 8.86. The van der Waals surface area contributed by atoms with Gasteiger partial charge in [-0.05, 0) is 11.5 Å². The summed E-state index contributed by atoms with van der Waals surface area (Å²) < 4.78 is 3.56. The monoisotopic (exact) mass is 229 g/mol. The van der Waals surface area contributed by atoms with E-state index in [9.17, 15) is 4.79 Å². The molecule has 0 spiro atoms. The van der Waals surface area contributed by atoms with Gasteiger partial charge < -0.3 is 16.3 Å². The Balaban J connectivity index is 2.41. The number of amides is 1. The molecule has 1 heterocycles. The standard InChI is InChI=1S/C7H11N5O2S/c1-4(6(8)11-14)2-9-7(13)5-3-10-12-15-5/h3-4,14H,2H2,1H3,(H2,8,11)(H,9,13). The van der Waals surface area contributed by atoms with Crippen molar-refractivity contribution in [1.29, 1.82) is 0 Å². The first kappa shape index (κ1) is 11.4. The second-order valence-corrected chi connectivity index (χ2v) is 3.70. The van der Waals surface area contributed by atoms with Gasteiger partial charge in [-0.15, -0.1) is 5.10 Å². The Labute approximate surface area is 90.1 Å². The van der Waals surface area contributed by atoms with Crippen LogP contribution in [-0.4, -0.2) is 33.1 Å². The van der Waals surface area contributed by atoms with E-state index in [1.54, 1.807) is 6.92 Å². The van der Waals surface area contributed by atoms with Crippen LogP contribution in [0.3, 0.4) is 0 Å². The number of aromatic nitrogens is 2. The lowest BCUT2D eigenvalue weighted by molar-refractivity contribution is 0.0955. The molecule has 0 saturated heterocycles. The van der Waals surface area contributed by atoms with Gasteiger partial charge in [0.2, 0.25) is 0 Å². The molecule has 0 saturated carbocycles. The zero-order valence-electron chi connectivity index (χ0n) is 8.04. The fourth-order valence-corrected chi connectivity index (χ4v) is 1.23. The average molecular weight is 229 g/mol. The molecule has 1 atom stereocenters. The fraction of sp³-hybridized carbons (Fsp3) is 0.429. The lowest BCUT2D eigenvalue weighted by Crippen LogP contribution is -2.34. The lowest BCUT2D eigenvalue weighted by atomic mass is 10.1. The Morgan fingerprint density at radius 2 is 2.60 bits per heavy atom. The molecule has 82 valence electrons. The van der Waals surface area contributed by atoms with Crippen molar-refractivity contribution in [2.45, 2.75) is 6.92 Å². The number of nitrogens with two attached hydrogens (primary N) is 1. The number of nitrogens with one attached hydrogen (secondary N) is 1. The lowest BCUT2D eigenvalue weighted by Gasteiger charge is -2.09. The summed E-state index contributed by atoms with van der Waals surface area (Å²) >= 11 is 1.01. The molecule has 0 aromatic carbocycles. The number of amidine groups is 1. The zero-order chi connectivity index (χ0) is 11.3. The highest BCUT2D eigenvalue weighted by molar-refractivity contribution is 7.07. The van der Waals surface area contributed by atoms with Crippen LogP contribution in [0.5, 0.6) is 0 Å². The van der Waals surface area contributed by atoms with Gasteiger partial charge in [0, 0.05) is 12.5 Å². The quantitative estimate of drug-likeness (QED) is 0.282. The van der Waals surface area contributed by atoms with Gasteiger partial charge in [-0.25, -0.2) is 0 Å². The summed E-state index contributed by atoms with van der Waals surface area (Å²) in [5.74, 6) is -0.403. The highest BCUT2D eigenvalue weighted by Gasteiger charge is 2.12. The van der Waals surface area contributed by atoms with Crippen molar-refractivity contribution >= 4 is 23.3 Å². The largest absolute Gasteiger partial charge is 0.409 e. The number of carbonyl (C=O) groups is 1. The second-order valence-electron chi connectivity index (χ2n) is 2.92. The molecule has 1 rings (SSSR count). The Kier molecular flexibility index (Phi) is 3.98. The molecule has 1 amide bonds. The van der Waals surface area contributed by atoms with Crippen LogP contribution < -0.4 is 11.1 Å². The maximum Gasteiger partial charge on any atom is 0.264 e. The first-order chi connectivity index (χ1) is 7.15. The summed E-state index contributed by atoms with van der Waals surface area (Å²) in [4.78, 5) is 11.8. The minimum atomic E-state index is -0.261. The maximum absolute atomic E-state index is 11.4. The van der Waals surface area contributed by atoms with Gasteiger partial charge >= 0.3 is 0 Å². The summed E-state index contributed by atoms with van der Waals surface area (Å²) in [5, 5.41) is 17.4. The van der Waals surface area contributed by atoms with Crippen molar-refractivity contribution in [1.82, 2.24) is 14.9 Å². The van der Waals surface area contributed by atoms with E-state index in [0.717, 1.165) is 11.5 Å². The fourth-order valence-electron chi connectivity index (χ4n) is 0.803. The van der Waals surface area contributed by atoms with Crippen LogP contribution in [0.4, 0.5) is 0 Å². The van der Waals surface area contributed by atoms with Crippen LogP contribution in [0.25, 0.3) is 0 Å². The summed E-state index contributed by atoms with van der Waals surface area (Å²) in [6.45, 7) is 2.03. The van der Waals surface area contributed by atoms with E-state index < -0.39 is 0 Å². The summed E-state index contributed by atoms with van der Waals surface area (Å²) in [6, 6.07) is 0. The van der Waals surface area contributed by atoms with Gasteiger partial charge in [0.15, 0.2) is 0 Å². The highest BCUT2D eigenvalue weighted by atomic mass is 32.1. The summed E-state index contributed by atoms with van der Waals surface area (Å²) in [7, 11) is 0. The van der Waals surface area contributed by atoms with Gasteiger partial charge in [0.1, 0.15) is 10.7 Å². The molecule has 8 heteroatoms. The molecule has 0 fully saturated rings. The summed E-state index contributed by atoms with van der Waals surface area (Å²) in [5.41, 5.74) is 5.35. The second kappa shape index (κ2) is 5.25.